The van der Waals surface area contributed by atoms with Gasteiger partial charge in [-0.2, -0.15) is 0 Å². The molecule has 1 aromatic rings. The number of nitrogens with zero attached hydrogens (tertiary/aromatic N) is 1. The van der Waals surface area contributed by atoms with Crippen LogP contribution in [0.4, 0.5) is 0 Å². The van der Waals surface area contributed by atoms with E-state index in [9.17, 15) is 5.11 Å². The van der Waals surface area contributed by atoms with E-state index in [-0.39, 0.29) is 12.2 Å². The lowest BCUT2D eigenvalue weighted by molar-refractivity contribution is 0.153. The monoisotopic (exact) mass is 221 g/mol. The van der Waals surface area contributed by atoms with Crippen LogP contribution in [0.25, 0.3) is 0 Å². The van der Waals surface area contributed by atoms with E-state index in [0.717, 1.165) is 24.0 Å². The zero-order valence-corrected chi connectivity index (χ0v) is 10.1. The molecule has 1 unspecified atom stereocenters. The fourth-order valence-electron chi connectivity index (χ4n) is 1.78. The molecule has 1 aliphatic rings. The average Bonchev–Trinajstić information content (AvgIpc) is 3.03. The van der Waals surface area contributed by atoms with Gasteiger partial charge in [-0.25, -0.2) is 4.98 Å². The minimum absolute atomic E-state index is 0.130. The van der Waals surface area contributed by atoms with E-state index in [2.05, 4.69) is 4.98 Å². The molecule has 0 bridgehead atoms. The normalized spacial score (nSPS) is 17.6. The lowest BCUT2D eigenvalue weighted by Gasteiger charge is -2.14. The molecule has 1 atom stereocenters. The molecule has 0 saturated heterocycles. The third kappa shape index (κ3) is 2.53. The van der Waals surface area contributed by atoms with Crippen molar-refractivity contribution in [1.29, 1.82) is 0 Å². The summed E-state index contributed by atoms with van der Waals surface area (Å²) in [7, 11) is 0. The van der Waals surface area contributed by atoms with Crippen molar-refractivity contribution in [1.82, 2.24) is 4.98 Å². The van der Waals surface area contributed by atoms with Gasteiger partial charge in [-0.05, 0) is 51.2 Å². The van der Waals surface area contributed by atoms with E-state index in [4.69, 9.17) is 4.74 Å². The predicted molar refractivity (Wildman–Crippen MR) is 62.4 cm³/mol. The highest BCUT2D eigenvalue weighted by atomic mass is 16.5. The summed E-state index contributed by atoms with van der Waals surface area (Å²) in [5, 5.41) is 9.98. The number of aryl methyl sites for hydroxylation is 1. The molecule has 88 valence electrons. The number of hydrogen-bond donors (Lipinski definition) is 1. The Labute approximate surface area is 96.5 Å². The van der Waals surface area contributed by atoms with Crippen molar-refractivity contribution < 1.29 is 9.84 Å². The van der Waals surface area contributed by atoms with Crippen molar-refractivity contribution in [3.05, 3.63) is 23.4 Å². The van der Waals surface area contributed by atoms with E-state index >= 15 is 0 Å². The van der Waals surface area contributed by atoms with Crippen LogP contribution in [0.3, 0.4) is 0 Å². The smallest absolute Gasteiger partial charge is 0.216 e. The van der Waals surface area contributed by atoms with Gasteiger partial charge in [0.1, 0.15) is 0 Å². The van der Waals surface area contributed by atoms with E-state index in [0.29, 0.717) is 11.8 Å². The highest BCUT2D eigenvalue weighted by molar-refractivity contribution is 5.30. The Morgan fingerprint density at radius 3 is 2.62 bits per heavy atom. The summed E-state index contributed by atoms with van der Waals surface area (Å²) in [5.41, 5.74) is 1.90. The molecule has 0 amide bonds. The van der Waals surface area contributed by atoms with Crippen LogP contribution >= 0.6 is 0 Å². The molecule has 0 radical (unpaired) electrons. The van der Waals surface area contributed by atoms with Crippen LogP contribution in [0.5, 0.6) is 5.88 Å². The molecular weight excluding hydrogens is 202 g/mol. The van der Waals surface area contributed by atoms with Gasteiger partial charge in [0.25, 0.3) is 0 Å². The third-order valence-electron chi connectivity index (χ3n) is 2.81. The van der Waals surface area contributed by atoms with E-state index in [1.54, 1.807) is 6.20 Å². The Morgan fingerprint density at radius 1 is 1.44 bits per heavy atom. The molecule has 1 N–H and O–H groups in total. The highest BCUT2D eigenvalue weighted by Crippen LogP contribution is 2.41. The molecule has 0 aliphatic heterocycles. The first kappa shape index (κ1) is 11.4. The summed E-state index contributed by atoms with van der Waals surface area (Å²) >= 11 is 0. The Balaban J connectivity index is 2.14. The molecule has 1 aliphatic carbocycles. The van der Waals surface area contributed by atoms with Crippen molar-refractivity contribution in [2.45, 2.75) is 45.8 Å². The summed E-state index contributed by atoms with van der Waals surface area (Å²) in [6.45, 7) is 5.93. The maximum atomic E-state index is 9.98. The van der Waals surface area contributed by atoms with Gasteiger partial charge in [0.15, 0.2) is 0 Å². The topological polar surface area (TPSA) is 42.4 Å². The summed E-state index contributed by atoms with van der Waals surface area (Å²) in [6.07, 6.45) is 3.77. The van der Waals surface area contributed by atoms with Crippen LogP contribution in [0.1, 0.15) is 43.9 Å². The summed E-state index contributed by atoms with van der Waals surface area (Å²) in [5.74, 6) is 1.11. The first-order chi connectivity index (χ1) is 7.58. The van der Waals surface area contributed by atoms with E-state index < -0.39 is 0 Å². The SMILES string of the molecule is Cc1cc(C(O)C2CC2)cnc1OC(C)C. The first-order valence-corrected chi connectivity index (χ1v) is 5.89. The number of pyridine rings is 1. The third-order valence-corrected chi connectivity index (χ3v) is 2.81. The average molecular weight is 221 g/mol. The Hall–Kier alpha value is -1.09. The summed E-state index contributed by atoms with van der Waals surface area (Å²) in [6, 6.07) is 1.98. The minimum atomic E-state index is -0.348. The van der Waals surface area contributed by atoms with Crippen LogP contribution < -0.4 is 4.74 Å². The fraction of sp³-hybridized carbons (Fsp3) is 0.615. The van der Waals surface area contributed by atoms with Gasteiger partial charge in [-0.15, -0.1) is 0 Å². The van der Waals surface area contributed by atoms with Crippen LogP contribution in [-0.2, 0) is 0 Å². The van der Waals surface area contributed by atoms with E-state index in [1.807, 2.05) is 26.8 Å². The second kappa shape index (κ2) is 4.42. The molecule has 0 spiro atoms. The van der Waals surface area contributed by atoms with Crippen LogP contribution in [0.15, 0.2) is 12.3 Å². The molecule has 1 heterocycles. The second-order valence-corrected chi connectivity index (χ2v) is 4.84. The van der Waals surface area contributed by atoms with Gasteiger partial charge in [-0.3, -0.25) is 0 Å². The lowest BCUT2D eigenvalue weighted by atomic mass is 10.1. The zero-order valence-electron chi connectivity index (χ0n) is 10.1. The van der Waals surface area contributed by atoms with Crippen molar-refractivity contribution in [2.75, 3.05) is 0 Å². The minimum Gasteiger partial charge on any atom is -0.475 e. The van der Waals surface area contributed by atoms with Gasteiger partial charge >= 0.3 is 0 Å². The number of ether oxygens (including phenoxy) is 1. The molecule has 1 fully saturated rings. The maximum absolute atomic E-state index is 9.98. The predicted octanol–water partition coefficient (Wildman–Crippen LogP) is 2.62. The molecule has 3 nitrogen and oxygen atoms in total. The molecule has 1 saturated carbocycles. The standard InChI is InChI=1S/C13H19NO2/c1-8(2)16-13-9(3)6-11(7-14-13)12(15)10-4-5-10/h6-8,10,12,15H,4-5H2,1-3H3. The van der Waals surface area contributed by atoms with Crippen LogP contribution in [0.2, 0.25) is 0 Å². The molecule has 2 rings (SSSR count). The Bertz CT molecular complexity index is 372. The van der Waals surface area contributed by atoms with Crippen LogP contribution in [0, 0.1) is 12.8 Å². The molecular formula is C13H19NO2. The van der Waals surface area contributed by atoms with Crippen molar-refractivity contribution in [3.63, 3.8) is 0 Å². The van der Waals surface area contributed by atoms with Gasteiger partial charge in [-0.1, -0.05) is 0 Å². The fourth-order valence-corrected chi connectivity index (χ4v) is 1.78. The Morgan fingerprint density at radius 2 is 2.12 bits per heavy atom. The van der Waals surface area contributed by atoms with Gasteiger partial charge in [0.2, 0.25) is 5.88 Å². The molecule has 16 heavy (non-hydrogen) atoms. The molecule has 1 aromatic heterocycles. The van der Waals surface area contributed by atoms with Crippen molar-refractivity contribution in [3.8, 4) is 5.88 Å². The van der Waals surface area contributed by atoms with E-state index in [1.165, 1.54) is 0 Å². The number of aromatic nitrogens is 1. The van der Waals surface area contributed by atoms with Gasteiger partial charge in [0, 0.05) is 11.8 Å². The highest BCUT2D eigenvalue weighted by Gasteiger charge is 2.31. The second-order valence-electron chi connectivity index (χ2n) is 4.84. The van der Waals surface area contributed by atoms with Gasteiger partial charge < -0.3 is 9.84 Å². The van der Waals surface area contributed by atoms with Gasteiger partial charge in [0.05, 0.1) is 12.2 Å². The lowest BCUT2D eigenvalue weighted by Crippen LogP contribution is -2.09. The Kier molecular flexibility index (Phi) is 3.15. The molecule has 0 aromatic carbocycles. The quantitative estimate of drug-likeness (QED) is 0.849. The summed E-state index contributed by atoms with van der Waals surface area (Å²) < 4.78 is 5.56. The number of rotatable bonds is 4. The van der Waals surface area contributed by atoms with Crippen LogP contribution in [-0.4, -0.2) is 16.2 Å². The van der Waals surface area contributed by atoms with Crippen molar-refractivity contribution in [2.24, 2.45) is 5.92 Å². The number of aliphatic hydroxyl groups excluding tert-OH is 1. The largest absolute Gasteiger partial charge is 0.475 e. The first-order valence-electron chi connectivity index (χ1n) is 5.89. The summed E-state index contributed by atoms with van der Waals surface area (Å²) in [4.78, 5) is 4.27. The van der Waals surface area contributed by atoms with Crippen molar-refractivity contribution >= 4 is 0 Å². The number of aliphatic hydroxyl groups is 1. The maximum Gasteiger partial charge on any atom is 0.216 e. The molecule has 3 heteroatoms. The number of hydrogen-bond acceptors (Lipinski definition) is 3. The zero-order chi connectivity index (χ0) is 11.7.